The summed E-state index contributed by atoms with van der Waals surface area (Å²) in [6, 6.07) is 0. The summed E-state index contributed by atoms with van der Waals surface area (Å²) in [5.74, 6) is -1.73. The van der Waals surface area contributed by atoms with Gasteiger partial charge in [0.05, 0.1) is 11.9 Å². The molecule has 33 heavy (non-hydrogen) atoms. The third-order valence-corrected chi connectivity index (χ3v) is 10.3. The number of carbonyl (C=O) groups excluding carboxylic acids is 3. The van der Waals surface area contributed by atoms with Crippen molar-refractivity contribution in [2.75, 3.05) is 11.5 Å². The molecule has 0 spiro atoms. The molecule has 0 heterocycles. The number of carbonyl (C=O) groups is 3. The van der Waals surface area contributed by atoms with E-state index in [0.717, 1.165) is 0 Å². The Labute approximate surface area is 198 Å². The van der Waals surface area contributed by atoms with Crippen LogP contribution in [0.5, 0.6) is 0 Å². The number of primary amides is 1. The number of Topliss-reactive ketones (excluding diaryl/α,β-unsaturated/α-hetero) is 1. The first-order valence-electron chi connectivity index (χ1n) is 11.7. The molecule has 3 fully saturated rings. The lowest BCUT2D eigenvalue weighted by atomic mass is 9.44. The first-order valence-corrected chi connectivity index (χ1v) is 12.9. The number of rotatable bonds is 6. The van der Waals surface area contributed by atoms with Crippen molar-refractivity contribution in [2.24, 2.45) is 34.3 Å². The average Bonchev–Trinajstić information content (AvgIpc) is 2.94. The Morgan fingerprint density at radius 3 is 2.67 bits per heavy atom. The SMILES string of the molecule is C[C@@H]1C[C@H]2[C@@H]3CCC4=CC(=O)C=C[C@]4(C)[C@@]3(F)[C@@H](O)C[C@]2(C)[C@@]1(O)C(=O)CSCCC(N)=O. The standard InChI is InChI=1S/C25H34FNO5S/c1-14-10-18-17-5-4-15-11-16(28)6-8-22(15,2)24(17,26)19(29)12-23(18,3)25(14,32)20(30)13-33-9-7-21(27)31/h6,8,11,14,17-19,29,32H,4-5,7,9-10,12-13H2,1-3H3,(H2,27,31)/t14-,17+,18+,19+,22+,23+,24+,25+/m1/s1. The molecule has 0 aromatic rings. The van der Waals surface area contributed by atoms with Crippen molar-refractivity contribution in [3.63, 3.8) is 0 Å². The molecule has 0 unspecified atom stereocenters. The monoisotopic (exact) mass is 479 g/mol. The summed E-state index contributed by atoms with van der Waals surface area (Å²) >= 11 is 1.26. The van der Waals surface area contributed by atoms with Gasteiger partial charge in [0, 0.05) is 28.9 Å². The number of alkyl halides is 1. The van der Waals surface area contributed by atoms with Gasteiger partial charge in [-0.05, 0) is 56.6 Å². The molecule has 0 aliphatic heterocycles. The molecule has 4 N–H and O–H groups in total. The Hall–Kier alpha value is -1.51. The number of aliphatic hydroxyl groups excluding tert-OH is 1. The van der Waals surface area contributed by atoms with Crippen molar-refractivity contribution in [1.29, 1.82) is 0 Å². The van der Waals surface area contributed by atoms with Gasteiger partial charge in [0.1, 0.15) is 5.60 Å². The lowest BCUT2D eigenvalue weighted by Gasteiger charge is -2.62. The minimum absolute atomic E-state index is 0.0339. The summed E-state index contributed by atoms with van der Waals surface area (Å²) in [6.07, 6.45) is 4.72. The van der Waals surface area contributed by atoms with Crippen LogP contribution in [-0.4, -0.2) is 56.6 Å². The zero-order valence-corrected chi connectivity index (χ0v) is 20.3. The first kappa shape index (κ1) is 24.6. The number of thioether (sulfide) groups is 1. The van der Waals surface area contributed by atoms with Gasteiger partial charge in [0.25, 0.3) is 0 Å². The van der Waals surface area contributed by atoms with Crippen LogP contribution in [0.25, 0.3) is 0 Å². The van der Waals surface area contributed by atoms with Crippen molar-refractivity contribution in [3.05, 3.63) is 23.8 Å². The summed E-state index contributed by atoms with van der Waals surface area (Å²) in [5, 5.41) is 23.2. The van der Waals surface area contributed by atoms with Crippen LogP contribution >= 0.6 is 11.8 Å². The third kappa shape index (κ3) is 3.23. The van der Waals surface area contributed by atoms with Gasteiger partial charge in [-0.1, -0.05) is 25.5 Å². The Morgan fingerprint density at radius 2 is 2.00 bits per heavy atom. The predicted molar refractivity (Wildman–Crippen MR) is 124 cm³/mol. The number of fused-ring (bicyclic) bond motifs is 5. The summed E-state index contributed by atoms with van der Waals surface area (Å²) in [5.41, 5.74) is 0.138. The van der Waals surface area contributed by atoms with E-state index in [4.69, 9.17) is 5.73 Å². The fourth-order valence-electron chi connectivity index (χ4n) is 7.59. The maximum Gasteiger partial charge on any atom is 0.218 e. The number of amides is 1. The maximum absolute atomic E-state index is 17.1. The molecule has 4 aliphatic carbocycles. The summed E-state index contributed by atoms with van der Waals surface area (Å²) < 4.78 is 17.1. The fraction of sp³-hybridized carbons (Fsp3) is 0.720. The number of nitrogens with two attached hydrogens (primary N) is 1. The zero-order valence-electron chi connectivity index (χ0n) is 19.5. The summed E-state index contributed by atoms with van der Waals surface area (Å²) in [7, 11) is 0. The van der Waals surface area contributed by atoms with Crippen molar-refractivity contribution in [1.82, 2.24) is 0 Å². The van der Waals surface area contributed by atoms with Crippen molar-refractivity contribution >= 4 is 29.2 Å². The number of hydrogen-bond donors (Lipinski definition) is 3. The number of halogens is 1. The normalized spacial score (nSPS) is 46.2. The molecule has 0 aromatic carbocycles. The second-order valence-electron chi connectivity index (χ2n) is 10.9. The van der Waals surface area contributed by atoms with E-state index in [2.05, 4.69) is 0 Å². The van der Waals surface area contributed by atoms with Gasteiger partial charge in [0.2, 0.25) is 5.91 Å². The lowest BCUT2D eigenvalue weighted by Crippen LogP contribution is -2.69. The smallest absolute Gasteiger partial charge is 0.218 e. The molecule has 4 rings (SSSR count). The molecule has 1 amide bonds. The molecule has 3 saturated carbocycles. The molecule has 0 radical (unpaired) electrons. The number of hydrogen-bond acceptors (Lipinski definition) is 6. The quantitative estimate of drug-likeness (QED) is 0.504. The molecule has 0 bridgehead atoms. The van der Waals surface area contributed by atoms with Gasteiger partial charge in [-0.25, -0.2) is 4.39 Å². The predicted octanol–water partition coefficient (Wildman–Crippen LogP) is 2.51. The molecule has 0 aromatic heterocycles. The highest BCUT2D eigenvalue weighted by Crippen LogP contribution is 2.70. The zero-order chi connectivity index (χ0) is 24.4. The minimum Gasteiger partial charge on any atom is -0.390 e. The van der Waals surface area contributed by atoms with Gasteiger partial charge in [-0.3, -0.25) is 14.4 Å². The molecule has 4 aliphatic rings. The molecule has 8 heteroatoms. The molecular weight excluding hydrogens is 445 g/mol. The van der Waals surface area contributed by atoms with Crippen LogP contribution in [0.2, 0.25) is 0 Å². The van der Waals surface area contributed by atoms with Crippen LogP contribution in [0.15, 0.2) is 23.8 Å². The number of aliphatic hydroxyl groups is 2. The van der Waals surface area contributed by atoms with Gasteiger partial charge in [-0.15, -0.1) is 0 Å². The maximum atomic E-state index is 17.1. The van der Waals surface area contributed by atoms with Gasteiger partial charge < -0.3 is 15.9 Å². The second kappa shape index (κ2) is 8.02. The van der Waals surface area contributed by atoms with Crippen molar-refractivity contribution < 1.29 is 29.0 Å². The summed E-state index contributed by atoms with van der Waals surface area (Å²) in [6.45, 7) is 5.41. The highest BCUT2D eigenvalue weighted by atomic mass is 32.2. The highest BCUT2D eigenvalue weighted by molar-refractivity contribution is 7.99. The van der Waals surface area contributed by atoms with E-state index in [0.29, 0.717) is 30.6 Å². The molecule has 182 valence electrons. The van der Waals surface area contributed by atoms with Gasteiger partial charge in [-0.2, -0.15) is 11.8 Å². The Balaban J connectivity index is 1.66. The van der Waals surface area contributed by atoms with E-state index in [1.807, 2.05) is 13.8 Å². The first-order chi connectivity index (χ1) is 15.3. The van der Waals surface area contributed by atoms with E-state index in [1.54, 1.807) is 13.0 Å². The lowest BCUT2D eigenvalue weighted by molar-refractivity contribution is -0.218. The summed E-state index contributed by atoms with van der Waals surface area (Å²) in [4.78, 5) is 36.3. The van der Waals surface area contributed by atoms with E-state index in [9.17, 15) is 24.6 Å². The topological polar surface area (TPSA) is 118 Å². The van der Waals surface area contributed by atoms with Crippen molar-refractivity contribution in [3.8, 4) is 0 Å². The van der Waals surface area contributed by atoms with Crippen LogP contribution in [0.4, 0.5) is 4.39 Å². The average molecular weight is 480 g/mol. The second-order valence-corrected chi connectivity index (χ2v) is 12.0. The Bertz CT molecular complexity index is 951. The Morgan fingerprint density at radius 1 is 1.30 bits per heavy atom. The molecule has 6 nitrogen and oxygen atoms in total. The number of ketones is 2. The largest absolute Gasteiger partial charge is 0.390 e. The van der Waals surface area contributed by atoms with E-state index < -0.39 is 40.0 Å². The van der Waals surface area contributed by atoms with Crippen LogP contribution in [-0.2, 0) is 14.4 Å². The fourth-order valence-corrected chi connectivity index (χ4v) is 8.48. The third-order valence-electron chi connectivity index (χ3n) is 9.37. The van der Waals surface area contributed by atoms with Crippen LogP contribution in [0.1, 0.15) is 52.9 Å². The minimum atomic E-state index is -1.98. The van der Waals surface area contributed by atoms with E-state index >= 15 is 4.39 Å². The molecule has 8 atom stereocenters. The van der Waals surface area contributed by atoms with Crippen LogP contribution < -0.4 is 5.73 Å². The van der Waals surface area contributed by atoms with Gasteiger partial charge >= 0.3 is 0 Å². The highest BCUT2D eigenvalue weighted by Gasteiger charge is 2.75. The van der Waals surface area contributed by atoms with Gasteiger partial charge in [0.15, 0.2) is 17.2 Å². The number of allylic oxidation sites excluding steroid dienone is 4. The van der Waals surface area contributed by atoms with Crippen molar-refractivity contribution in [2.45, 2.75) is 70.2 Å². The molecule has 0 saturated heterocycles. The van der Waals surface area contributed by atoms with E-state index in [-0.39, 0.29) is 42.0 Å². The Kier molecular flexibility index (Phi) is 5.98. The molecular formula is C25H34FNO5S. The van der Waals surface area contributed by atoms with Crippen LogP contribution in [0, 0.1) is 28.6 Å². The van der Waals surface area contributed by atoms with E-state index in [1.165, 1.54) is 23.9 Å². The van der Waals surface area contributed by atoms with Crippen LogP contribution in [0.3, 0.4) is 0 Å².